The summed E-state index contributed by atoms with van der Waals surface area (Å²) in [4.78, 5) is 31.2. The molecule has 0 spiro atoms. The number of hydrogen-bond acceptors (Lipinski definition) is 5. The van der Waals surface area contributed by atoms with Crippen molar-refractivity contribution in [2.75, 3.05) is 26.3 Å². The molecule has 2 N–H and O–H groups in total. The highest BCUT2D eigenvalue weighted by Crippen LogP contribution is 2.31. The summed E-state index contributed by atoms with van der Waals surface area (Å²) in [6.45, 7) is 8.36. The van der Waals surface area contributed by atoms with Crippen LogP contribution >= 0.6 is 0 Å². The lowest BCUT2D eigenvalue weighted by Gasteiger charge is -2.34. The number of aliphatic hydroxyl groups is 1. The minimum Gasteiger partial charge on any atom is -0.390 e. The highest BCUT2D eigenvalue weighted by atomic mass is 16.5. The van der Waals surface area contributed by atoms with Gasteiger partial charge in [0.1, 0.15) is 0 Å². The molecule has 0 radical (unpaired) electrons. The lowest BCUT2D eigenvalue weighted by molar-refractivity contribution is 0.0358. The third-order valence-electron chi connectivity index (χ3n) is 7.36. The van der Waals surface area contributed by atoms with E-state index in [0.717, 1.165) is 54.1 Å². The molecule has 0 saturated carbocycles. The molecule has 8 nitrogen and oxygen atoms in total. The van der Waals surface area contributed by atoms with Crippen molar-refractivity contribution in [1.82, 2.24) is 19.7 Å². The molecule has 8 heteroatoms. The van der Waals surface area contributed by atoms with E-state index < -0.39 is 5.60 Å². The Hall–Kier alpha value is -2.71. The predicted molar refractivity (Wildman–Crippen MR) is 131 cm³/mol. The fourth-order valence-electron chi connectivity index (χ4n) is 5.65. The number of amides is 1. The largest absolute Gasteiger partial charge is 0.390 e. The number of ether oxygens (including phenoxy) is 1. The Morgan fingerprint density at radius 2 is 1.88 bits per heavy atom. The second-order valence-corrected chi connectivity index (χ2v) is 10.6. The molecular weight excluding hydrogens is 432 g/mol. The van der Waals surface area contributed by atoms with Crippen LogP contribution in [0.1, 0.15) is 67.9 Å². The molecule has 1 amide bonds. The van der Waals surface area contributed by atoms with Gasteiger partial charge in [0.2, 0.25) is 0 Å². The Kier molecular flexibility index (Phi) is 5.98. The number of piperidine rings is 1. The number of hydrogen-bond donors (Lipinski definition) is 2. The second kappa shape index (κ2) is 8.82. The smallest absolute Gasteiger partial charge is 0.259 e. The fourth-order valence-corrected chi connectivity index (χ4v) is 5.65. The topological polar surface area (TPSA) is 100 Å². The number of rotatable bonds is 4. The number of carbonyl (C=O) groups excluding carboxylic acids is 1. The van der Waals surface area contributed by atoms with Gasteiger partial charge in [0.15, 0.2) is 0 Å². The Morgan fingerprint density at radius 3 is 2.56 bits per heavy atom. The minimum atomic E-state index is -0.679. The van der Waals surface area contributed by atoms with Gasteiger partial charge < -0.3 is 19.7 Å². The molecule has 1 aromatic carbocycles. The molecule has 2 aliphatic heterocycles. The van der Waals surface area contributed by atoms with Gasteiger partial charge in [-0.25, -0.2) is 0 Å². The lowest BCUT2D eigenvalue weighted by atomic mass is 9.86. The molecule has 0 unspecified atom stereocenters. The molecule has 2 fully saturated rings. The van der Waals surface area contributed by atoms with Crippen molar-refractivity contribution < 1.29 is 14.6 Å². The number of carbonyl (C=O) groups is 1. The summed E-state index contributed by atoms with van der Waals surface area (Å²) in [6.07, 6.45) is 5.89. The van der Waals surface area contributed by atoms with Crippen LogP contribution < -0.4 is 5.56 Å². The van der Waals surface area contributed by atoms with E-state index in [1.54, 1.807) is 6.20 Å². The van der Waals surface area contributed by atoms with Gasteiger partial charge in [0.25, 0.3) is 11.5 Å². The number of pyridine rings is 1. The van der Waals surface area contributed by atoms with E-state index in [1.165, 1.54) is 0 Å². The molecule has 0 bridgehead atoms. The van der Waals surface area contributed by atoms with Gasteiger partial charge in [-0.1, -0.05) is 0 Å². The number of likely N-dealkylation sites (tertiary alicyclic amines) is 1. The average molecular weight is 467 g/mol. The molecule has 2 saturated heterocycles. The number of nitrogens with one attached hydrogen (secondary N) is 1. The number of aromatic amines is 1. The Bertz CT molecular complexity index is 1270. The monoisotopic (exact) mass is 466 g/mol. The normalized spacial score (nSPS) is 18.8. The standard InChI is InChI=1S/C26H34N4O4/c1-16-12-22-20(13-19(16)25(32)29-8-4-17(5-9-29)14-26(2,3)33)23-21(24(31)28-22)15-27-30(23)18-6-10-34-11-7-18/h12-13,15,17-18,33H,4-11,14H2,1-3H3,(H,28,31). The van der Waals surface area contributed by atoms with E-state index in [-0.39, 0.29) is 17.5 Å². The van der Waals surface area contributed by atoms with Crippen LogP contribution in [0.3, 0.4) is 0 Å². The summed E-state index contributed by atoms with van der Waals surface area (Å²) >= 11 is 0. The first-order chi connectivity index (χ1) is 16.2. The van der Waals surface area contributed by atoms with Crippen LogP contribution in [0.2, 0.25) is 0 Å². The first kappa shape index (κ1) is 23.1. The fraction of sp³-hybridized carbons (Fsp3) is 0.577. The predicted octanol–water partition coefficient (Wildman–Crippen LogP) is 3.55. The summed E-state index contributed by atoms with van der Waals surface area (Å²) in [5.41, 5.74) is 2.20. The maximum atomic E-state index is 13.5. The second-order valence-electron chi connectivity index (χ2n) is 10.6. The zero-order valence-electron chi connectivity index (χ0n) is 20.3. The number of benzene rings is 1. The van der Waals surface area contributed by atoms with Crippen LogP contribution in [0.15, 0.2) is 23.1 Å². The van der Waals surface area contributed by atoms with Crippen LogP contribution in [-0.2, 0) is 4.74 Å². The molecule has 2 aromatic heterocycles. The molecule has 0 aliphatic carbocycles. The van der Waals surface area contributed by atoms with Crippen LogP contribution in [0.5, 0.6) is 0 Å². The number of aryl methyl sites for hydroxylation is 1. The number of aromatic nitrogens is 3. The molecule has 0 atom stereocenters. The highest BCUT2D eigenvalue weighted by molar-refractivity contribution is 6.07. The summed E-state index contributed by atoms with van der Waals surface area (Å²) in [5, 5.41) is 16.1. The van der Waals surface area contributed by atoms with Crippen LogP contribution in [-0.4, -0.2) is 62.6 Å². The molecule has 5 rings (SSSR count). The zero-order chi connectivity index (χ0) is 24.0. The van der Waals surface area contributed by atoms with Crippen LogP contribution in [0.4, 0.5) is 0 Å². The summed E-state index contributed by atoms with van der Waals surface area (Å²) in [7, 11) is 0. The van der Waals surface area contributed by atoms with E-state index in [9.17, 15) is 14.7 Å². The number of H-pyrrole nitrogens is 1. The lowest BCUT2D eigenvalue weighted by Crippen LogP contribution is -2.40. The molecule has 4 heterocycles. The van der Waals surface area contributed by atoms with Gasteiger partial charge in [0, 0.05) is 37.3 Å². The Morgan fingerprint density at radius 1 is 1.18 bits per heavy atom. The van der Waals surface area contributed by atoms with Gasteiger partial charge in [-0.2, -0.15) is 5.10 Å². The highest BCUT2D eigenvalue weighted by Gasteiger charge is 2.29. The maximum absolute atomic E-state index is 13.5. The Labute approximate surface area is 198 Å². The summed E-state index contributed by atoms with van der Waals surface area (Å²) < 4.78 is 7.48. The van der Waals surface area contributed by atoms with E-state index in [4.69, 9.17) is 4.74 Å². The van der Waals surface area contributed by atoms with Crippen LogP contribution in [0.25, 0.3) is 21.8 Å². The molecular formula is C26H34N4O4. The van der Waals surface area contributed by atoms with Gasteiger partial charge in [0.05, 0.1) is 34.3 Å². The third kappa shape index (κ3) is 4.36. The molecule has 2 aliphatic rings. The third-order valence-corrected chi connectivity index (χ3v) is 7.36. The quantitative estimate of drug-likeness (QED) is 0.612. The van der Waals surface area contributed by atoms with Gasteiger partial charge >= 0.3 is 0 Å². The van der Waals surface area contributed by atoms with E-state index in [2.05, 4.69) is 10.1 Å². The Balaban J connectivity index is 1.50. The van der Waals surface area contributed by atoms with E-state index in [1.807, 2.05) is 42.5 Å². The SMILES string of the molecule is Cc1cc2[nH]c(=O)c3cnn(C4CCOCC4)c3c2cc1C(=O)N1CCC(CC(C)(C)O)CC1. The number of fused-ring (bicyclic) bond motifs is 3. The van der Waals surface area contributed by atoms with Crippen molar-refractivity contribution in [2.24, 2.45) is 5.92 Å². The van der Waals surface area contributed by atoms with Crippen molar-refractivity contribution in [2.45, 2.75) is 64.5 Å². The molecule has 182 valence electrons. The van der Waals surface area contributed by atoms with Crippen molar-refractivity contribution in [3.05, 3.63) is 39.8 Å². The van der Waals surface area contributed by atoms with E-state index in [0.29, 0.717) is 43.2 Å². The van der Waals surface area contributed by atoms with Gasteiger partial charge in [-0.15, -0.1) is 0 Å². The summed E-state index contributed by atoms with van der Waals surface area (Å²) in [5.74, 6) is 0.456. The zero-order valence-corrected chi connectivity index (χ0v) is 20.3. The average Bonchev–Trinajstić information content (AvgIpc) is 3.25. The summed E-state index contributed by atoms with van der Waals surface area (Å²) in [6, 6.07) is 4.02. The molecule has 34 heavy (non-hydrogen) atoms. The molecule has 3 aromatic rings. The van der Waals surface area contributed by atoms with Gasteiger partial charge in [-0.3, -0.25) is 14.3 Å². The van der Waals surface area contributed by atoms with E-state index >= 15 is 0 Å². The van der Waals surface area contributed by atoms with Crippen molar-refractivity contribution in [3.8, 4) is 0 Å². The van der Waals surface area contributed by atoms with Crippen LogP contribution in [0, 0.1) is 12.8 Å². The van der Waals surface area contributed by atoms with Crippen molar-refractivity contribution >= 4 is 27.7 Å². The number of nitrogens with zero attached hydrogens (tertiary/aromatic N) is 3. The van der Waals surface area contributed by atoms with Crippen molar-refractivity contribution in [3.63, 3.8) is 0 Å². The van der Waals surface area contributed by atoms with Crippen molar-refractivity contribution in [1.29, 1.82) is 0 Å². The van der Waals surface area contributed by atoms with Gasteiger partial charge in [-0.05, 0) is 76.5 Å². The minimum absolute atomic E-state index is 0.0255. The first-order valence-corrected chi connectivity index (χ1v) is 12.3. The maximum Gasteiger partial charge on any atom is 0.259 e. The first-order valence-electron chi connectivity index (χ1n) is 12.3.